The van der Waals surface area contributed by atoms with Crippen LogP contribution in [0.4, 0.5) is 4.39 Å². The number of primary amides is 2. The fraction of sp³-hybridized carbons (Fsp3) is 0.424. The Balaban J connectivity index is 2.05. The lowest BCUT2D eigenvalue weighted by molar-refractivity contribution is -0.132. The van der Waals surface area contributed by atoms with Crippen molar-refractivity contribution in [1.29, 1.82) is 0 Å². The molecule has 0 aromatic heterocycles. The summed E-state index contributed by atoms with van der Waals surface area (Å²) in [6.07, 6.45) is 2.76. The Labute approximate surface area is 263 Å². The molecular formula is C33H42ClFN4O5. The van der Waals surface area contributed by atoms with Gasteiger partial charge in [0, 0.05) is 43.2 Å². The van der Waals surface area contributed by atoms with E-state index in [-0.39, 0.29) is 41.5 Å². The molecule has 0 saturated carbocycles. The lowest BCUT2D eigenvalue weighted by Gasteiger charge is -2.42. The van der Waals surface area contributed by atoms with E-state index in [9.17, 15) is 23.9 Å². The zero-order valence-corrected chi connectivity index (χ0v) is 26.2. The Bertz CT molecular complexity index is 1410. The third kappa shape index (κ3) is 8.46. The normalized spacial score (nSPS) is 17.7. The van der Waals surface area contributed by atoms with Crippen molar-refractivity contribution < 1.29 is 28.6 Å². The first-order valence-electron chi connectivity index (χ1n) is 14.7. The van der Waals surface area contributed by atoms with E-state index in [1.165, 1.54) is 24.3 Å². The van der Waals surface area contributed by atoms with Crippen LogP contribution in [0.5, 0.6) is 5.75 Å². The molecule has 0 bridgehead atoms. The Morgan fingerprint density at radius 1 is 1.11 bits per heavy atom. The highest BCUT2D eigenvalue weighted by Crippen LogP contribution is 2.44. The van der Waals surface area contributed by atoms with Crippen LogP contribution in [-0.4, -0.2) is 60.6 Å². The molecule has 2 aromatic rings. The SMILES string of the molecule is CCCN(CCC)C(=O)C1=CC(C(N)=O)=CC(C(N)=O)([C@H](Cc2ccc(Cl)c(F)c2)[C@@H](O)CNCc2cccc(OC)c2)C1. The molecule has 0 fully saturated rings. The minimum absolute atomic E-state index is 0.0114. The summed E-state index contributed by atoms with van der Waals surface area (Å²) in [4.78, 5) is 41.5. The molecule has 2 aromatic carbocycles. The van der Waals surface area contributed by atoms with E-state index >= 15 is 0 Å². The second kappa shape index (κ2) is 15.8. The molecule has 0 heterocycles. The van der Waals surface area contributed by atoms with E-state index in [2.05, 4.69) is 5.32 Å². The van der Waals surface area contributed by atoms with Gasteiger partial charge in [0.25, 0.3) is 0 Å². The van der Waals surface area contributed by atoms with E-state index in [1.807, 2.05) is 38.1 Å². The highest BCUT2D eigenvalue weighted by Gasteiger charge is 2.49. The number of carbonyl (C=O) groups excluding carboxylic acids is 3. The van der Waals surface area contributed by atoms with Crippen LogP contribution >= 0.6 is 11.6 Å². The molecule has 0 radical (unpaired) electrons. The van der Waals surface area contributed by atoms with Gasteiger partial charge >= 0.3 is 0 Å². The summed E-state index contributed by atoms with van der Waals surface area (Å²) >= 11 is 5.92. The van der Waals surface area contributed by atoms with Crippen molar-refractivity contribution in [3.8, 4) is 5.75 Å². The predicted octanol–water partition coefficient (Wildman–Crippen LogP) is 3.66. The summed E-state index contributed by atoms with van der Waals surface area (Å²) in [5.74, 6) is -3.01. The van der Waals surface area contributed by atoms with E-state index < -0.39 is 35.1 Å². The third-order valence-corrected chi connectivity index (χ3v) is 8.21. The van der Waals surface area contributed by atoms with Crippen LogP contribution in [0.2, 0.25) is 5.02 Å². The molecule has 0 spiro atoms. The standard InChI is InChI=1S/C33H42ClFN4O5/c1-4-11-39(12-5-2)31(42)24-16-23(30(36)41)17-33(18-24,32(37)43)26(14-21-9-10-27(34)28(35)15-21)29(40)20-38-19-22-7-6-8-25(13-22)44-3/h6-10,13,15-17,26,29,38,40H,4-5,11-12,14,18-20H2,1-3H3,(H2,36,41)(H2,37,43)/t26-,29+,33?/m1/s1. The van der Waals surface area contributed by atoms with Crippen molar-refractivity contribution in [2.75, 3.05) is 26.7 Å². The molecule has 0 aliphatic heterocycles. The Morgan fingerprint density at radius 2 is 1.82 bits per heavy atom. The molecule has 3 amide bonds. The average molecular weight is 629 g/mol. The molecule has 0 saturated heterocycles. The minimum atomic E-state index is -1.71. The van der Waals surface area contributed by atoms with Gasteiger partial charge in [-0.3, -0.25) is 14.4 Å². The van der Waals surface area contributed by atoms with E-state index in [4.69, 9.17) is 27.8 Å². The van der Waals surface area contributed by atoms with Gasteiger partial charge in [-0.2, -0.15) is 0 Å². The number of methoxy groups -OCH3 is 1. The summed E-state index contributed by atoms with van der Waals surface area (Å²) in [6, 6.07) is 11.6. The van der Waals surface area contributed by atoms with E-state index in [0.29, 0.717) is 43.8 Å². The van der Waals surface area contributed by atoms with Crippen LogP contribution < -0.4 is 21.5 Å². The molecule has 1 aliphatic carbocycles. The summed E-state index contributed by atoms with van der Waals surface area (Å²) in [5.41, 5.74) is 11.5. The van der Waals surface area contributed by atoms with Crippen LogP contribution in [0.3, 0.4) is 0 Å². The maximum absolute atomic E-state index is 14.5. The van der Waals surface area contributed by atoms with Crippen LogP contribution in [0.1, 0.15) is 44.2 Å². The van der Waals surface area contributed by atoms with Crippen LogP contribution in [-0.2, 0) is 27.3 Å². The zero-order valence-electron chi connectivity index (χ0n) is 25.4. The van der Waals surface area contributed by atoms with Gasteiger partial charge in [-0.25, -0.2) is 4.39 Å². The van der Waals surface area contributed by atoms with Gasteiger partial charge in [-0.05, 0) is 67.2 Å². The maximum Gasteiger partial charge on any atom is 0.249 e. The monoisotopic (exact) mass is 628 g/mol. The smallest absolute Gasteiger partial charge is 0.249 e. The lowest BCUT2D eigenvalue weighted by atomic mass is 9.63. The van der Waals surface area contributed by atoms with E-state index in [0.717, 1.165) is 5.56 Å². The third-order valence-electron chi connectivity index (χ3n) is 7.90. The molecule has 1 aliphatic rings. The molecule has 1 unspecified atom stereocenters. The lowest BCUT2D eigenvalue weighted by Crippen LogP contribution is -2.52. The number of hydrogen-bond acceptors (Lipinski definition) is 6. The molecule has 6 N–H and O–H groups in total. The summed E-state index contributed by atoms with van der Waals surface area (Å²) in [6.45, 7) is 5.24. The number of nitrogens with one attached hydrogen (secondary N) is 1. The van der Waals surface area contributed by atoms with Crippen molar-refractivity contribution in [3.63, 3.8) is 0 Å². The van der Waals surface area contributed by atoms with Crippen molar-refractivity contribution in [1.82, 2.24) is 10.2 Å². The number of rotatable bonds is 16. The Hall–Kier alpha value is -3.73. The fourth-order valence-electron chi connectivity index (χ4n) is 5.71. The number of carbonyl (C=O) groups is 3. The number of benzene rings is 2. The Kier molecular flexibility index (Phi) is 12.5. The molecule has 3 atom stereocenters. The van der Waals surface area contributed by atoms with Gasteiger partial charge in [0.05, 0.1) is 23.7 Å². The molecule has 11 heteroatoms. The maximum atomic E-state index is 14.5. The topological polar surface area (TPSA) is 148 Å². The number of ether oxygens (including phenoxy) is 1. The second-order valence-electron chi connectivity index (χ2n) is 11.1. The fourth-order valence-corrected chi connectivity index (χ4v) is 5.83. The van der Waals surface area contributed by atoms with Crippen LogP contribution in [0.15, 0.2) is 65.8 Å². The molecule has 44 heavy (non-hydrogen) atoms. The van der Waals surface area contributed by atoms with Crippen molar-refractivity contribution in [2.45, 2.75) is 52.2 Å². The largest absolute Gasteiger partial charge is 0.497 e. The molecule has 238 valence electrons. The van der Waals surface area contributed by atoms with Crippen molar-refractivity contribution in [2.24, 2.45) is 22.8 Å². The zero-order chi connectivity index (χ0) is 32.4. The van der Waals surface area contributed by atoms with Gasteiger partial charge in [-0.15, -0.1) is 0 Å². The quantitative estimate of drug-likeness (QED) is 0.223. The highest BCUT2D eigenvalue weighted by molar-refractivity contribution is 6.30. The van der Waals surface area contributed by atoms with Crippen molar-refractivity contribution in [3.05, 3.63) is 87.7 Å². The number of amides is 3. The predicted molar refractivity (Wildman–Crippen MR) is 168 cm³/mol. The summed E-state index contributed by atoms with van der Waals surface area (Å²) < 4.78 is 19.8. The van der Waals surface area contributed by atoms with Gasteiger partial charge in [-0.1, -0.05) is 49.7 Å². The number of aliphatic hydroxyl groups excluding tert-OH is 1. The van der Waals surface area contributed by atoms with Gasteiger partial charge in [0.2, 0.25) is 17.7 Å². The minimum Gasteiger partial charge on any atom is -0.497 e. The first-order chi connectivity index (χ1) is 20.9. The van der Waals surface area contributed by atoms with E-state index in [1.54, 1.807) is 18.1 Å². The summed E-state index contributed by atoms with van der Waals surface area (Å²) in [7, 11) is 1.57. The van der Waals surface area contributed by atoms with Gasteiger partial charge < -0.3 is 31.5 Å². The number of aliphatic hydroxyl groups is 1. The second-order valence-corrected chi connectivity index (χ2v) is 11.5. The number of nitrogens with two attached hydrogens (primary N) is 2. The first-order valence-corrected chi connectivity index (χ1v) is 15.1. The van der Waals surface area contributed by atoms with Gasteiger partial charge in [0.1, 0.15) is 11.6 Å². The highest BCUT2D eigenvalue weighted by atomic mass is 35.5. The number of halogens is 2. The van der Waals surface area contributed by atoms with Crippen LogP contribution in [0.25, 0.3) is 0 Å². The van der Waals surface area contributed by atoms with Gasteiger partial charge in [0.15, 0.2) is 0 Å². The average Bonchev–Trinajstić information content (AvgIpc) is 3.00. The number of nitrogens with zero attached hydrogens (tertiary/aromatic N) is 1. The summed E-state index contributed by atoms with van der Waals surface area (Å²) in [5, 5.41) is 14.8. The Morgan fingerprint density at radius 3 is 2.41 bits per heavy atom. The number of hydrogen-bond donors (Lipinski definition) is 4. The van der Waals surface area contributed by atoms with Crippen molar-refractivity contribution >= 4 is 29.3 Å². The first kappa shape index (κ1) is 34.8. The molecule has 3 rings (SSSR count). The van der Waals surface area contributed by atoms with Crippen LogP contribution in [0, 0.1) is 17.2 Å². The molecular weight excluding hydrogens is 587 g/mol. The molecule has 9 nitrogen and oxygen atoms in total.